The Kier molecular flexibility index (Phi) is 7.39. The number of aryl methyl sites for hydroxylation is 1. The first-order chi connectivity index (χ1) is 10.8. The van der Waals surface area contributed by atoms with E-state index in [1.54, 1.807) is 7.11 Å². The zero-order valence-electron chi connectivity index (χ0n) is 15.4. The van der Waals surface area contributed by atoms with E-state index in [2.05, 4.69) is 11.1 Å². The highest BCUT2D eigenvalue weighted by Gasteiger charge is 2.27. The van der Waals surface area contributed by atoms with Gasteiger partial charge in [0.05, 0.1) is 7.11 Å². The number of hydrogen-bond donors (Lipinski definition) is 0. The van der Waals surface area contributed by atoms with Gasteiger partial charge in [-0.1, -0.05) is 0 Å². The van der Waals surface area contributed by atoms with Crippen molar-refractivity contribution < 1.29 is 14.3 Å². The largest absolute Gasteiger partial charge is 0.481 e. The van der Waals surface area contributed by atoms with Gasteiger partial charge in [0.25, 0.3) is 0 Å². The molecule has 2 rings (SSSR count). The van der Waals surface area contributed by atoms with Crippen LogP contribution in [0.25, 0.3) is 0 Å². The summed E-state index contributed by atoms with van der Waals surface area (Å²) in [4.78, 5) is 18.4. The van der Waals surface area contributed by atoms with Crippen molar-refractivity contribution in [2.24, 2.45) is 5.92 Å². The van der Waals surface area contributed by atoms with Gasteiger partial charge < -0.3 is 14.4 Å². The van der Waals surface area contributed by atoms with Crippen LogP contribution in [-0.2, 0) is 11.2 Å². The van der Waals surface area contributed by atoms with E-state index in [-0.39, 0.29) is 19.6 Å². The third-order valence-electron chi connectivity index (χ3n) is 3.89. The van der Waals surface area contributed by atoms with Gasteiger partial charge in [0, 0.05) is 24.8 Å². The van der Waals surface area contributed by atoms with Crippen LogP contribution in [0, 0.1) is 12.8 Å². The molecule has 0 saturated carbocycles. The first kappa shape index (κ1) is 20.6. The van der Waals surface area contributed by atoms with E-state index in [1.807, 2.05) is 38.7 Å². The molecule has 1 aromatic rings. The van der Waals surface area contributed by atoms with Crippen LogP contribution in [-0.4, -0.2) is 41.8 Å². The third kappa shape index (κ3) is 6.23. The Morgan fingerprint density at radius 2 is 2.08 bits per heavy atom. The molecule has 5 nitrogen and oxygen atoms in total. The number of nitrogens with zero attached hydrogens (tertiary/aromatic N) is 2. The van der Waals surface area contributed by atoms with Gasteiger partial charge in [-0.05, 0) is 64.5 Å². The number of ether oxygens (including phenoxy) is 2. The van der Waals surface area contributed by atoms with Gasteiger partial charge in [0.2, 0.25) is 5.88 Å². The third-order valence-corrected chi connectivity index (χ3v) is 3.89. The molecule has 2 heterocycles. The van der Waals surface area contributed by atoms with Crippen molar-refractivity contribution in [2.75, 3.05) is 20.2 Å². The molecule has 1 amide bonds. The molecule has 0 radical (unpaired) electrons. The molecule has 6 heteroatoms. The smallest absolute Gasteiger partial charge is 0.410 e. The van der Waals surface area contributed by atoms with E-state index in [1.165, 1.54) is 5.56 Å². The van der Waals surface area contributed by atoms with Gasteiger partial charge in [0.1, 0.15) is 5.60 Å². The molecule has 1 saturated heterocycles. The van der Waals surface area contributed by atoms with Crippen LogP contribution >= 0.6 is 13.5 Å². The van der Waals surface area contributed by atoms with E-state index in [0.29, 0.717) is 11.8 Å². The van der Waals surface area contributed by atoms with E-state index < -0.39 is 5.60 Å². The summed E-state index contributed by atoms with van der Waals surface area (Å²) in [5.74, 6) is 1.10. The normalized spacial score (nSPS) is 17.9. The minimum Gasteiger partial charge on any atom is -0.481 e. The van der Waals surface area contributed by atoms with Crippen LogP contribution in [0.1, 0.15) is 44.9 Å². The second kappa shape index (κ2) is 8.60. The van der Waals surface area contributed by atoms with Crippen molar-refractivity contribution in [3.8, 4) is 5.88 Å². The van der Waals surface area contributed by atoms with E-state index in [0.717, 1.165) is 38.0 Å². The Hall–Kier alpha value is -1.43. The Labute approximate surface area is 152 Å². The van der Waals surface area contributed by atoms with E-state index in [4.69, 9.17) is 9.47 Å². The maximum absolute atomic E-state index is 12.2. The average molecular weight is 355 g/mol. The van der Waals surface area contributed by atoms with Gasteiger partial charge in [-0.2, -0.15) is 13.5 Å². The Bertz CT molecular complexity index is 558. The monoisotopic (exact) mass is 354 g/mol. The van der Waals surface area contributed by atoms with Crippen molar-refractivity contribution in [1.29, 1.82) is 0 Å². The van der Waals surface area contributed by atoms with Crippen LogP contribution in [0.5, 0.6) is 5.88 Å². The molecule has 24 heavy (non-hydrogen) atoms. The number of amides is 1. The van der Waals surface area contributed by atoms with Crippen molar-refractivity contribution in [3.63, 3.8) is 0 Å². The van der Waals surface area contributed by atoms with Crippen LogP contribution in [0.4, 0.5) is 4.79 Å². The highest BCUT2D eigenvalue weighted by molar-refractivity contribution is 7.59. The molecule has 1 atom stereocenters. The molecule has 136 valence electrons. The summed E-state index contributed by atoms with van der Waals surface area (Å²) in [7, 11) is 1.64. The first-order valence-corrected chi connectivity index (χ1v) is 8.26. The minimum atomic E-state index is -0.445. The standard InChI is InChI=1S/C18H28N2O3.H2S/c1-13-9-15(11-16(19-13)22-5)10-14-7-6-8-20(12-14)17(21)23-18(2,3)4;/h9,11,14H,6-8,10,12H2,1-5H3;1H2/t14-;/m1./s1. The van der Waals surface area contributed by atoms with E-state index >= 15 is 0 Å². The Morgan fingerprint density at radius 3 is 2.71 bits per heavy atom. The maximum Gasteiger partial charge on any atom is 0.410 e. The number of carbonyl (C=O) groups excluding carboxylic acids is 1. The molecule has 1 aromatic heterocycles. The number of methoxy groups -OCH3 is 1. The SMILES string of the molecule is COc1cc(C[C@H]2CCCN(C(=O)OC(C)(C)C)C2)cc(C)n1.S. The lowest BCUT2D eigenvalue weighted by Gasteiger charge is -2.34. The molecule has 0 aromatic carbocycles. The van der Waals surface area contributed by atoms with Gasteiger partial charge in [0.15, 0.2) is 0 Å². The van der Waals surface area contributed by atoms with Crippen molar-refractivity contribution in [1.82, 2.24) is 9.88 Å². The lowest BCUT2D eigenvalue weighted by molar-refractivity contribution is 0.0166. The maximum atomic E-state index is 12.2. The fourth-order valence-corrected chi connectivity index (χ4v) is 2.99. The molecule has 0 unspecified atom stereocenters. The lowest BCUT2D eigenvalue weighted by atomic mass is 9.91. The fourth-order valence-electron chi connectivity index (χ4n) is 2.99. The van der Waals surface area contributed by atoms with Gasteiger partial charge in [-0.15, -0.1) is 0 Å². The van der Waals surface area contributed by atoms with Crippen molar-refractivity contribution in [2.45, 2.75) is 52.6 Å². The number of pyridine rings is 1. The molecular weight excluding hydrogens is 324 g/mol. The first-order valence-electron chi connectivity index (χ1n) is 8.26. The Morgan fingerprint density at radius 1 is 1.38 bits per heavy atom. The number of piperidine rings is 1. The van der Waals surface area contributed by atoms with Crippen LogP contribution in [0.3, 0.4) is 0 Å². The van der Waals surface area contributed by atoms with Crippen LogP contribution in [0.15, 0.2) is 12.1 Å². The number of likely N-dealkylation sites (tertiary alicyclic amines) is 1. The predicted molar refractivity (Wildman–Crippen MR) is 100 cm³/mol. The molecular formula is C18H30N2O3S. The average Bonchev–Trinajstić information content (AvgIpc) is 2.45. The number of rotatable bonds is 3. The lowest BCUT2D eigenvalue weighted by Crippen LogP contribution is -2.43. The number of hydrogen-bond acceptors (Lipinski definition) is 4. The second-order valence-electron chi connectivity index (χ2n) is 7.30. The summed E-state index contributed by atoms with van der Waals surface area (Å²) < 4.78 is 10.7. The van der Waals surface area contributed by atoms with Gasteiger partial charge in [-0.3, -0.25) is 0 Å². The highest BCUT2D eigenvalue weighted by Crippen LogP contribution is 2.24. The molecule has 0 aliphatic carbocycles. The summed E-state index contributed by atoms with van der Waals surface area (Å²) >= 11 is 0. The highest BCUT2D eigenvalue weighted by atomic mass is 32.1. The zero-order chi connectivity index (χ0) is 17.0. The topological polar surface area (TPSA) is 51.7 Å². The van der Waals surface area contributed by atoms with Crippen molar-refractivity contribution >= 4 is 19.6 Å². The molecule has 0 N–H and O–H groups in total. The van der Waals surface area contributed by atoms with Crippen LogP contribution in [0.2, 0.25) is 0 Å². The van der Waals surface area contributed by atoms with Gasteiger partial charge >= 0.3 is 6.09 Å². The van der Waals surface area contributed by atoms with Crippen molar-refractivity contribution in [3.05, 3.63) is 23.4 Å². The summed E-state index contributed by atoms with van der Waals surface area (Å²) in [5.41, 5.74) is 1.73. The molecule has 0 spiro atoms. The molecule has 1 aliphatic rings. The summed E-state index contributed by atoms with van der Waals surface area (Å²) in [6.45, 7) is 9.21. The summed E-state index contributed by atoms with van der Waals surface area (Å²) in [5, 5.41) is 0. The molecule has 0 bridgehead atoms. The second-order valence-corrected chi connectivity index (χ2v) is 7.30. The minimum absolute atomic E-state index is 0. The quantitative estimate of drug-likeness (QED) is 0.830. The molecule has 1 fully saturated rings. The zero-order valence-corrected chi connectivity index (χ0v) is 16.4. The Balaban J connectivity index is 0.00000288. The summed E-state index contributed by atoms with van der Waals surface area (Å²) in [6.07, 6.45) is 2.87. The fraction of sp³-hybridized carbons (Fsp3) is 0.667. The number of carbonyl (C=O) groups is 1. The van der Waals surface area contributed by atoms with E-state index in [9.17, 15) is 4.79 Å². The number of aromatic nitrogens is 1. The summed E-state index contributed by atoms with van der Waals surface area (Å²) in [6, 6.07) is 4.08. The van der Waals surface area contributed by atoms with Crippen LogP contribution < -0.4 is 4.74 Å². The predicted octanol–water partition coefficient (Wildman–Crippen LogP) is 3.70. The van der Waals surface area contributed by atoms with Gasteiger partial charge in [-0.25, -0.2) is 9.78 Å². The molecule has 1 aliphatic heterocycles.